The second kappa shape index (κ2) is 5.92. The Bertz CT molecular complexity index is 852. The summed E-state index contributed by atoms with van der Waals surface area (Å²) >= 11 is 0. The van der Waals surface area contributed by atoms with Gasteiger partial charge in [0.05, 0.1) is 12.1 Å². The first-order chi connectivity index (χ1) is 11.4. The van der Waals surface area contributed by atoms with Crippen LogP contribution in [0.1, 0.15) is 22.9 Å². The summed E-state index contributed by atoms with van der Waals surface area (Å²) in [5.74, 6) is -1.46. The third-order valence-electron chi connectivity index (χ3n) is 3.80. The SMILES string of the molecule is Cc1nc(C(O)=C2CN(C)C(=O)C2=O)c(Cc2ccc(F)cc2)o1. The fourth-order valence-electron chi connectivity index (χ4n) is 2.57. The number of aliphatic hydroxyl groups excluding tert-OH is 1. The standard InChI is InChI=1S/C17H15FN2O4/c1-9-19-14(15(21)12-8-20(2)17(23)16(12)22)13(24-9)7-10-3-5-11(18)6-4-10/h3-6,21H,7-8H2,1-2H3. The van der Waals surface area contributed by atoms with Crippen LogP contribution in [0.5, 0.6) is 0 Å². The molecule has 1 aromatic carbocycles. The molecule has 0 saturated carbocycles. The van der Waals surface area contributed by atoms with Gasteiger partial charge in [-0.3, -0.25) is 9.59 Å². The first-order valence-corrected chi connectivity index (χ1v) is 7.30. The fraction of sp³-hybridized carbons (Fsp3) is 0.235. The number of rotatable bonds is 3. The molecule has 1 aliphatic rings. The van der Waals surface area contributed by atoms with Crippen LogP contribution in [0, 0.1) is 12.7 Å². The van der Waals surface area contributed by atoms with Crippen LogP contribution in [-0.2, 0) is 16.0 Å². The highest BCUT2D eigenvalue weighted by Crippen LogP contribution is 2.26. The summed E-state index contributed by atoms with van der Waals surface area (Å²) in [6.45, 7) is 1.63. The van der Waals surface area contributed by atoms with Crippen molar-refractivity contribution in [2.45, 2.75) is 13.3 Å². The predicted octanol–water partition coefficient (Wildman–Crippen LogP) is 2.02. The summed E-state index contributed by atoms with van der Waals surface area (Å²) in [6, 6.07) is 5.84. The smallest absolute Gasteiger partial charge is 0.294 e. The third-order valence-corrected chi connectivity index (χ3v) is 3.80. The van der Waals surface area contributed by atoms with Gasteiger partial charge in [-0.15, -0.1) is 0 Å². The summed E-state index contributed by atoms with van der Waals surface area (Å²) in [6.07, 6.45) is 0.270. The highest BCUT2D eigenvalue weighted by molar-refractivity contribution is 6.46. The molecule has 3 rings (SSSR count). The van der Waals surface area contributed by atoms with E-state index in [-0.39, 0.29) is 35.8 Å². The number of Topliss-reactive ketones (excluding diaryl/α,β-unsaturated/α-hetero) is 1. The molecule has 0 atom stereocenters. The molecule has 1 aliphatic heterocycles. The van der Waals surface area contributed by atoms with Crippen molar-refractivity contribution < 1.29 is 23.5 Å². The molecule has 1 N–H and O–H groups in total. The highest BCUT2D eigenvalue weighted by Gasteiger charge is 2.35. The van der Waals surface area contributed by atoms with Gasteiger partial charge in [-0.1, -0.05) is 12.1 Å². The molecule has 24 heavy (non-hydrogen) atoms. The molecule has 0 spiro atoms. The number of benzene rings is 1. The molecule has 6 nitrogen and oxygen atoms in total. The average Bonchev–Trinajstić information content (AvgIpc) is 3.04. The molecular formula is C17H15FN2O4. The van der Waals surface area contributed by atoms with Crippen molar-refractivity contribution in [1.29, 1.82) is 0 Å². The lowest BCUT2D eigenvalue weighted by Gasteiger charge is -2.05. The number of aliphatic hydroxyl groups is 1. The summed E-state index contributed by atoms with van der Waals surface area (Å²) in [4.78, 5) is 28.9. The number of hydrogen-bond acceptors (Lipinski definition) is 5. The Morgan fingerprint density at radius 1 is 1.33 bits per heavy atom. The Hall–Kier alpha value is -2.96. The molecule has 7 heteroatoms. The Balaban J connectivity index is 1.99. The molecule has 124 valence electrons. The number of carbonyl (C=O) groups is 2. The molecular weight excluding hydrogens is 315 g/mol. The van der Waals surface area contributed by atoms with E-state index >= 15 is 0 Å². The van der Waals surface area contributed by atoms with Gasteiger partial charge < -0.3 is 14.4 Å². The number of likely N-dealkylation sites (N-methyl/N-ethyl adjacent to an activating group) is 1. The van der Waals surface area contributed by atoms with Crippen molar-refractivity contribution in [3.63, 3.8) is 0 Å². The molecule has 2 heterocycles. The van der Waals surface area contributed by atoms with E-state index in [4.69, 9.17) is 4.42 Å². The number of aromatic nitrogens is 1. The van der Waals surface area contributed by atoms with E-state index in [1.807, 2.05) is 0 Å². The minimum absolute atomic E-state index is 0.00356. The number of hydrogen-bond donors (Lipinski definition) is 1. The fourth-order valence-corrected chi connectivity index (χ4v) is 2.57. The maximum Gasteiger partial charge on any atom is 0.294 e. The number of likely N-dealkylation sites (tertiary alicyclic amines) is 1. The Kier molecular flexibility index (Phi) is 3.92. The molecule has 0 unspecified atom stereocenters. The van der Waals surface area contributed by atoms with E-state index in [1.54, 1.807) is 19.1 Å². The van der Waals surface area contributed by atoms with Crippen LogP contribution in [0.2, 0.25) is 0 Å². The van der Waals surface area contributed by atoms with Crippen LogP contribution in [0.4, 0.5) is 4.39 Å². The van der Waals surface area contributed by atoms with E-state index in [9.17, 15) is 19.1 Å². The van der Waals surface area contributed by atoms with Gasteiger partial charge in [0, 0.05) is 20.4 Å². The first kappa shape index (κ1) is 15.9. The lowest BCUT2D eigenvalue weighted by Crippen LogP contribution is -2.22. The van der Waals surface area contributed by atoms with E-state index in [2.05, 4.69) is 4.98 Å². The maximum atomic E-state index is 13.0. The number of oxazole rings is 1. The topological polar surface area (TPSA) is 83.6 Å². The highest BCUT2D eigenvalue weighted by atomic mass is 19.1. The molecule has 1 saturated heterocycles. The summed E-state index contributed by atoms with van der Waals surface area (Å²) in [7, 11) is 1.48. The lowest BCUT2D eigenvalue weighted by molar-refractivity contribution is -0.138. The largest absolute Gasteiger partial charge is 0.505 e. The Morgan fingerprint density at radius 2 is 2.00 bits per heavy atom. The zero-order valence-electron chi connectivity index (χ0n) is 13.2. The monoisotopic (exact) mass is 330 g/mol. The van der Waals surface area contributed by atoms with Crippen LogP contribution in [0.25, 0.3) is 5.76 Å². The number of aryl methyl sites for hydroxylation is 1. The number of carbonyl (C=O) groups excluding carboxylic acids is 2. The molecule has 2 aromatic rings. The van der Waals surface area contributed by atoms with E-state index in [0.29, 0.717) is 11.7 Å². The van der Waals surface area contributed by atoms with Gasteiger partial charge in [0.2, 0.25) is 0 Å². The number of ketones is 1. The molecule has 0 radical (unpaired) electrons. The van der Waals surface area contributed by atoms with Crippen molar-refractivity contribution in [2.24, 2.45) is 0 Å². The van der Waals surface area contributed by atoms with E-state index in [0.717, 1.165) is 5.56 Å². The second-order valence-corrected chi connectivity index (χ2v) is 5.63. The maximum absolute atomic E-state index is 13.0. The Morgan fingerprint density at radius 3 is 2.58 bits per heavy atom. The quantitative estimate of drug-likeness (QED) is 0.529. The van der Waals surface area contributed by atoms with E-state index in [1.165, 1.54) is 24.1 Å². The summed E-state index contributed by atoms with van der Waals surface area (Å²) in [5, 5.41) is 10.4. The van der Waals surface area contributed by atoms with Crippen LogP contribution in [0.15, 0.2) is 34.3 Å². The molecule has 1 amide bonds. The van der Waals surface area contributed by atoms with Gasteiger partial charge in [-0.2, -0.15) is 0 Å². The molecule has 1 fully saturated rings. The summed E-state index contributed by atoms with van der Waals surface area (Å²) < 4.78 is 18.5. The minimum atomic E-state index is -0.747. The van der Waals surface area contributed by atoms with Crippen molar-refractivity contribution in [3.05, 3.63) is 58.6 Å². The van der Waals surface area contributed by atoms with Gasteiger partial charge in [-0.25, -0.2) is 9.37 Å². The van der Waals surface area contributed by atoms with Crippen LogP contribution in [-0.4, -0.2) is 40.3 Å². The Labute approximate surface area is 137 Å². The molecule has 0 aliphatic carbocycles. The van der Waals surface area contributed by atoms with Crippen molar-refractivity contribution in [1.82, 2.24) is 9.88 Å². The van der Waals surface area contributed by atoms with Gasteiger partial charge in [0.25, 0.3) is 11.7 Å². The lowest BCUT2D eigenvalue weighted by atomic mass is 10.1. The second-order valence-electron chi connectivity index (χ2n) is 5.63. The third kappa shape index (κ3) is 2.80. The number of amides is 1. The summed E-state index contributed by atoms with van der Waals surface area (Å²) in [5.41, 5.74) is 0.886. The predicted molar refractivity (Wildman–Crippen MR) is 82.6 cm³/mol. The molecule has 0 bridgehead atoms. The number of halogens is 1. The van der Waals surface area contributed by atoms with Crippen molar-refractivity contribution in [2.75, 3.05) is 13.6 Å². The van der Waals surface area contributed by atoms with Crippen LogP contribution < -0.4 is 0 Å². The van der Waals surface area contributed by atoms with Gasteiger partial charge >= 0.3 is 0 Å². The normalized spacial score (nSPS) is 16.9. The van der Waals surface area contributed by atoms with Crippen molar-refractivity contribution in [3.8, 4) is 0 Å². The zero-order chi connectivity index (χ0) is 17.4. The minimum Gasteiger partial charge on any atom is -0.505 e. The van der Waals surface area contributed by atoms with Crippen LogP contribution >= 0.6 is 0 Å². The van der Waals surface area contributed by atoms with Gasteiger partial charge in [0.1, 0.15) is 17.3 Å². The van der Waals surface area contributed by atoms with Gasteiger partial charge in [-0.05, 0) is 17.7 Å². The number of nitrogens with zero attached hydrogens (tertiary/aromatic N) is 2. The molecule has 1 aromatic heterocycles. The van der Waals surface area contributed by atoms with Crippen molar-refractivity contribution >= 4 is 17.4 Å². The van der Waals surface area contributed by atoms with Crippen LogP contribution in [0.3, 0.4) is 0 Å². The zero-order valence-corrected chi connectivity index (χ0v) is 13.2. The van der Waals surface area contributed by atoms with Gasteiger partial charge in [0.15, 0.2) is 11.6 Å². The average molecular weight is 330 g/mol. The van der Waals surface area contributed by atoms with E-state index < -0.39 is 11.7 Å². The first-order valence-electron chi connectivity index (χ1n) is 7.30.